The fraction of sp³-hybridized carbons (Fsp3) is 0.409. The van der Waals surface area contributed by atoms with E-state index in [9.17, 15) is 4.79 Å². The molecule has 2 atom stereocenters. The molecule has 1 aliphatic heterocycles. The van der Waals surface area contributed by atoms with Gasteiger partial charge in [0.15, 0.2) is 5.82 Å². The standard InChI is InChI=1S/C22H25N5O2/c1-13-8-18(19(11-23-13)29-20-12-26(3)14(20)2)16-6-7-27-17(9-16)10-21(25-27)24-22(28)15-4-5-15/h6-11,14-15,20H,4-5,12H2,1-3H3,(H,24,25,28)/t14-,20?/m1/s1. The normalized spacial score (nSPS) is 21.8. The van der Waals surface area contributed by atoms with Crippen LogP contribution in [-0.2, 0) is 4.79 Å². The molecule has 1 saturated carbocycles. The van der Waals surface area contributed by atoms with Gasteiger partial charge >= 0.3 is 0 Å². The van der Waals surface area contributed by atoms with Gasteiger partial charge in [-0.1, -0.05) is 0 Å². The lowest BCUT2D eigenvalue weighted by Crippen LogP contribution is -2.58. The first-order valence-electron chi connectivity index (χ1n) is 10.1. The second-order valence-electron chi connectivity index (χ2n) is 8.24. The molecule has 3 aromatic rings. The first-order chi connectivity index (χ1) is 14.0. The predicted molar refractivity (Wildman–Crippen MR) is 111 cm³/mol. The van der Waals surface area contributed by atoms with E-state index < -0.39 is 0 Å². The maximum atomic E-state index is 12.0. The molecule has 29 heavy (non-hydrogen) atoms. The summed E-state index contributed by atoms with van der Waals surface area (Å²) in [5, 5.41) is 7.38. The van der Waals surface area contributed by atoms with Gasteiger partial charge in [0.2, 0.25) is 5.91 Å². The van der Waals surface area contributed by atoms with E-state index in [1.54, 1.807) is 4.52 Å². The van der Waals surface area contributed by atoms with Crippen LogP contribution in [0.1, 0.15) is 25.5 Å². The van der Waals surface area contributed by atoms with E-state index in [4.69, 9.17) is 4.74 Å². The van der Waals surface area contributed by atoms with E-state index in [1.807, 2.05) is 31.5 Å². The average Bonchev–Trinajstić information content (AvgIpc) is 3.49. The summed E-state index contributed by atoms with van der Waals surface area (Å²) in [6.07, 6.45) is 5.85. The van der Waals surface area contributed by atoms with Crippen LogP contribution < -0.4 is 10.1 Å². The Balaban J connectivity index is 1.45. The Morgan fingerprint density at radius 2 is 2.10 bits per heavy atom. The van der Waals surface area contributed by atoms with Gasteiger partial charge < -0.3 is 10.1 Å². The number of nitrogens with one attached hydrogen (secondary N) is 1. The second kappa shape index (κ2) is 6.84. The summed E-state index contributed by atoms with van der Waals surface area (Å²) >= 11 is 0. The first-order valence-corrected chi connectivity index (χ1v) is 10.1. The molecule has 5 rings (SSSR count). The second-order valence-corrected chi connectivity index (χ2v) is 8.24. The Morgan fingerprint density at radius 3 is 2.83 bits per heavy atom. The van der Waals surface area contributed by atoms with E-state index in [-0.39, 0.29) is 17.9 Å². The molecular weight excluding hydrogens is 366 g/mol. The Hall–Kier alpha value is -2.93. The molecule has 7 heteroatoms. The van der Waals surface area contributed by atoms with Crippen molar-refractivity contribution in [3.8, 4) is 16.9 Å². The SMILES string of the molecule is Cc1cc(-c2ccn3nc(NC(=O)C4CC4)cc3c2)c(OC2CN(C)[C@@H]2C)cn1. The minimum absolute atomic E-state index is 0.0636. The molecular formula is C22H25N5O2. The maximum absolute atomic E-state index is 12.0. The van der Waals surface area contributed by atoms with Gasteiger partial charge in [-0.25, -0.2) is 4.52 Å². The van der Waals surface area contributed by atoms with Gasteiger partial charge in [0.25, 0.3) is 0 Å². The molecule has 2 fully saturated rings. The molecule has 1 saturated heterocycles. The lowest BCUT2D eigenvalue weighted by Gasteiger charge is -2.43. The number of anilines is 1. The van der Waals surface area contributed by atoms with Gasteiger partial charge in [-0.3, -0.25) is 14.7 Å². The Labute approximate surface area is 169 Å². The van der Waals surface area contributed by atoms with Crippen molar-refractivity contribution in [3.63, 3.8) is 0 Å². The third-order valence-corrected chi connectivity index (χ3v) is 5.96. The molecule has 1 amide bonds. The molecule has 0 bridgehead atoms. The van der Waals surface area contributed by atoms with Gasteiger partial charge in [0.05, 0.1) is 11.7 Å². The minimum Gasteiger partial charge on any atom is -0.485 e. The number of ether oxygens (including phenoxy) is 1. The van der Waals surface area contributed by atoms with Gasteiger partial charge in [0.1, 0.15) is 11.9 Å². The minimum atomic E-state index is 0.0636. The van der Waals surface area contributed by atoms with Crippen molar-refractivity contribution >= 4 is 17.2 Å². The van der Waals surface area contributed by atoms with Crippen molar-refractivity contribution in [2.75, 3.05) is 18.9 Å². The van der Waals surface area contributed by atoms with Crippen molar-refractivity contribution < 1.29 is 9.53 Å². The van der Waals surface area contributed by atoms with Crippen molar-refractivity contribution in [2.24, 2.45) is 5.92 Å². The smallest absolute Gasteiger partial charge is 0.228 e. The molecule has 1 unspecified atom stereocenters. The maximum Gasteiger partial charge on any atom is 0.228 e. The topological polar surface area (TPSA) is 71.8 Å². The summed E-state index contributed by atoms with van der Waals surface area (Å²) in [7, 11) is 2.10. The summed E-state index contributed by atoms with van der Waals surface area (Å²) in [4.78, 5) is 18.7. The summed E-state index contributed by atoms with van der Waals surface area (Å²) < 4.78 is 8.07. The van der Waals surface area contributed by atoms with Crippen molar-refractivity contribution in [2.45, 2.75) is 38.8 Å². The largest absolute Gasteiger partial charge is 0.485 e. The number of likely N-dealkylation sites (tertiary alicyclic amines) is 1. The van der Waals surface area contributed by atoms with Crippen LogP contribution in [-0.4, -0.2) is 51.1 Å². The number of likely N-dealkylation sites (N-methyl/N-ethyl adjacent to an activating group) is 1. The van der Waals surface area contributed by atoms with Crippen LogP contribution in [0.15, 0.2) is 36.7 Å². The highest BCUT2D eigenvalue weighted by atomic mass is 16.5. The van der Waals surface area contributed by atoms with Crippen LogP contribution in [0.4, 0.5) is 5.82 Å². The predicted octanol–water partition coefficient (Wildman–Crippen LogP) is 3.13. The van der Waals surface area contributed by atoms with Crippen LogP contribution in [0, 0.1) is 12.8 Å². The number of aromatic nitrogens is 3. The zero-order valence-electron chi connectivity index (χ0n) is 16.9. The van der Waals surface area contributed by atoms with E-state index in [1.165, 1.54) is 0 Å². The summed E-state index contributed by atoms with van der Waals surface area (Å²) in [5.41, 5.74) is 3.92. The molecule has 4 heterocycles. The number of amides is 1. The van der Waals surface area contributed by atoms with Crippen LogP contribution in [0.2, 0.25) is 0 Å². The van der Waals surface area contributed by atoms with Gasteiger partial charge in [0, 0.05) is 42.0 Å². The lowest BCUT2D eigenvalue weighted by molar-refractivity contribution is -0.117. The van der Waals surface area contributed by atoms with Gasteiger partial charge in [-0.2, -0.15) is 5.10 Å². The third kappa shape index (κ3) is 3.46. The molecule has 0 aromatic carbocycles. The van der Waals surface area contributed by atoms with Crippen LogP contribution >= 0.6 is 0 Å². The monoisotopic (exact) mass is 391 g/mol. The molecule has 0 radical (unpaired) electrons. The molecule has 2 aliphatic rings. The molecule has 1 aliphatic carbocycles. The highest BCUT2D eigenvalue weighted by Crippen LogP contribution is 2.34. The fourth-order valence-electron chi connectivity index (χ4n) is 3.71. The van der Waals surface area contributed by atoms with Crippen molar-refractivity contribution in [1.29, 1.82) is 0 Å². The number of nitrogens with zero attached hydrogens (tertiary/aromatic N) is 4. The highest BCUT2D eigenvalue weighted by Gasteiger charge is 2.35. The van der Waals surface area contributed by atoms with E-state index in [0.717, 1.165) is 47.5 Å². The van der Waals surface area contributed by atoms with Gasteiger partial charge in [-0.05, 0) is 57.5 Å². The zero-order chi connectivity index (χ0) is 20.1. The Kier molecular flexibility index (Phi) is 4.28. The van der Waals surface area contributed by atoms with Crippen LogP contribution in [0.25, 0.3) is 16.6 Å². The number of carbonyl (C=O) groups is 1. The van der Waals surface area contributed by atoms with Crippen molar-refractivity contribution in [1.82, 2.24) is 19.5 Å². The Morgan fingerprint density at radius 1 is 1.28 bits per heavy atom. The van der Waals surface area contributed by atoms with Crippen LogP contribution in [0.3, 0.4) is 0 Å². The third-order valence-electron chi connectivity index (χ3n) is 5.96. The van der Waals surface area contributed by atoms with Crippen molar-refractivity contribution in [3.05, 3.63) is 42.4 Å². The molecule has 7 nitrogen and oxygen atoms in total. The summed E-state index contributed by atoms with van der Waals surface area (Å²) in [5.74, 6) is 1.61. The Bertz CT molecular complexity index is 1090. The number of rotatable bonds is 5. The number of hydrogen-bond acceptors (Lipinski definition) is 5. The molecule has 1 N–H and O–H groups in total. The summed E-state index contributed by atoms with van der Waals surface area (Å²) in [6.45, 7) is 5.07. The zero-order valence-corrected chi connectivity index (χ0v) is 16.9. The number of hydrogen-bond donors (Lipinski definition) is 1. The number of fused-ring (bicyclic) bond motifs is 1. The van der Waals surface area contributed by atoms with E-state index in [0.29, 0.717) is 11.9 Å². The lowest BCUT2D eigenvalue weighted by atomic mass is 10.0. The fourth-order valence-corrected chi connectivity index (χ4v) is 3.71. The summed E-state index contributed by atoms with van der Waals surface area (Å²) in [6, 6.07) is 8.43. The number of aryl methyl sites for hydroxylation is 1. The molecule has 0 spiro atoms. The molecule has 3 aromatic heterocycles. The van der Waals surface area contributed by atoms with E-state index in [2.05, 4.69) is 46.4 Å². The highest BCUT2D eigenvalue weighted by molar-refractivity contribution is 5.93. The average molecular weight is 391 g/mol. The first kappa shape index (κ1) is 18.1. The molecule has 150 valence electrons. The van der Waals surface area contributed by atoms with Gasteiger partial charge in [-0.15, -0.1) is 0 Å². The van der Waals surface area contributed by atoms with Crippen LogP contribution in [0.5, 0.6) is 5.75 Å². The quantitative estimate of drug-likeness (QED) is 0.723. The van der Waals surface area contributed by atoms with E-state index >= 15 is 0 Å². The number of pyridine rings is 2. The number of carbonyl (C=O) groups excluding carboxylic acids is 1.